The molecule has 0 heterocycles. The van der Waals surface area contributed by atoms with E-state index in [1.165, 1.54) is 12.1 Å². The number of benzene rings is 1. The van der Waals surface area contributed by atoms with Gasteiger partial charge >= 0.3 is 0 Å². The third-order valence-electron chi connectivity index (χ3n) is 3.03. The molecule has 1 atom stereocenters. The van der Waals surface area contributed by atoms with Crippen LogP contribution < -0.4 is 0 Å². The van der Waals surface area contributed by atoms with Crippen molar-refractivity contribution < 1.29 is 9.72 Å². The van der Waals surface area contributed by atoms with Gasteiger partial charge in [-0.3, -0.25) is 14.9 Å². The summed E-state index contributed by atoms with van der Waals surface area (Å²) >= 11 is 0. The minimum Gasteiger partial charge on any atom is -0.299 e. The third kappa shape index (κ3) is 3.66. The topological polar surface area (TPSA) is 60.2 Å². The van der Waals surface area contributed by atoms with Gasteiger partial charge in [-0.15, -0.1) is 0 Å². The quantitative estimate of drug-likeness (QED) is 0.582. The highest BCUT2D eigenvalue weighted by molar-refractivity contribution is 5.83. The van der Waals surface area contributed by atoms with Gasteiger partial charge in [0.1, 0.15) is 5.78 Å². The van der Waals surface area contributed by atoms with Gasteiger partial charge in [0.05, 0.1) is 4.92 Å². The number of non-ortho nitro benzene ring substituents is 1. The molecule has 4 heteroatoms. The second-order valence-corrected chi connectivity index (χ2v) is 4.60. The first-order chi connectivity index (χ1) is 7.91. The lowest BCUT2D eigenvalue weighted by atomic mass is 9.90. The Morgan fingerprint density at radius 2 is 1.76 bits per heavy atom. The molecule has 0 radical (unpaired) electrons. The van der Waals surface area contributed by atoms with Crippen LogP contribution in [0.15, 0.2) is 24.3 Å². The molecule has 0 saturated carbocycles. The van der Waals surface area contributed by atoms with Gasteiger partial charge in [-0.05, 0) is 11.5 Å². The Kier molecular flexibility index (Phi) is 4.37. The molecule has 4 nitrogen and oxygen atoms in total. The zero-order valence-corrected chi connectivity index (χ0v) is 10.3. The second kappa shape index (κ2) is 5.57. The van der Waals surface area contributed by atoms with Gasteiger partial charge in [-0.1, -0.05) is 32.9 Å². The van der Waals surface area contributed by atoms with E-state index in [4.69, 9.17) is 0 Å². The Morgan fingerprint density at radius 3 is 2.18 bits per heavy atom. The summed E-state index contributed by atoms with van der Waals surface area (Å²) in [6.07, 6.45) is 0.345. The molecule has 0 saturated heterocycles. The fourth-order valence-electron chi connectivity index (χ4n) is 1.47. The monoisotopic (exact) mass is 235 g/mol. The predicted octanol–water partition coefficient (Wildman–Crippen LogP) is 3.00. The number of rotatable bonds is 5. The number of carbonyl (C=O) groups is 1. The van der Waals surface area contributed by atoms with E-state index < -0.39 is 4.92 Å². The van der Waals surface area contributed by atoms with Crippen molar-refractivity contribution in [1.82, 2.24) is 0 Å². The van der Waals surface area contributed by atoms with Crippen molar-refractivity contribution in [2.24, 2.45) is 11.8 Å². The Bertz CT molecular complexity index is 409. The minimum atomic E-state index is -0.442. The second-order valence-electron chi connectivity index (χ2n) is 4.60. The minimum absolute atomic E-state index is 0.0187. The van der Waals surface area contributed by atoms with Crippen LogP contribution in [-0.2, 0) is 11.2 Å². The molecule has 0 bridgehead atoms. The van der Waals surface area contributed by atoms with Crippen LogP contribution >= 0.6 is 0 Å². The van der Waals surface area contributed by atoms with Crippen molar-refractivity contribution in [3.63, 3.8) is 0 Å². The average Bonchev–Trinajstić information content (AvgIpc) is 2.28. The third-order valence-corrected chi connectivity index (χ3v) is 3.03. The highest BCUT2D eigenvalue weighted by atomic mass is 16.6. The number of Topliss-reactive ketones (excluding diaryl/α,β-unsaturated/α-hetero) is 1. The van der Waals surface area contributed by atoms with Gasteiger partial charge in [0, 0.05) is 24.5 Å². The first kappa shape index (κ1) is 13.4. The van der Waals surface area contributed by atoms with Crippen LogP contribution in [0.25, 0.3) is 0 Å². The summed E-state index contributed by atoms with van der Waals surface area (Å²) in [6.45, 7) is 5.94. The van der Waals surface area contributed by atoms with Crippen molar-refractivity contribution in [3.05, 3.63) is 39.9 Å². The van der Waals surface area contributed by atoms with E-state index >= 15 is 0 Å². The van der Waals surface area contributed by atoms with E-state index in [0.717, 1.165) is 5.56 Å². The molecule has 0 spiro atoms. The first-order valence-electron chi connectivity index (χ1n) is 5.68. The summed E-state index contributed by atoms with van der Waals surface area (Å²) in [5.74, 6) is 0.514. The molecule has 1 aromatic carbocycles. The lowest BCUT2D eigenvalue weighted by Crippen LogP contribution is -2.18. The van der Waals surface area contributed by atoms with Gasteiger partial charge in [-0.25, -0.2) is 0 Å². The molecule has 0 aliphatic heterocycles. The van der Waals surface area contributed by atoms with Crippen molar-refractivity contribution >= 4 is 11.5 Å². The van der Waals surface area contributed by atoms with Crippen LogP contribution in [0.1, 0.15) is 26.3 Å². The lowest BCUT2D eigenvalue weighted by Gasteiger charge is -2.13. The molecule has 92 valence electrons. The van der Waals surface area contributed by atoms with Gasteiger partial charge in [-0.2, -0.15) is 0 Å². The Hall–Kier alpha value is -1.71. The summed E-state index contributed by atoms with van der Waals surface area (Å²) in [6, 6.07) is 6.15. The van der Waals surface area contributed by atoms with E-state index in [1.807, 2.05) is 20.8 Å². The standard InChI is InChI=1S/C13H17NO3/c1-9(2)10(3)13(15)8-11-4-6-12(7-5-11)14(16)17/h4-7,9-10H,8H2,1-3H3. The molecule has 0 aliphatic carbocycles. The molecule has 0 aromatic heterocycles. The first-order valence-corrected chi connectivity index (χ1v) is 5.68. The van der Waals surface area contributed by atoms with Gasteiger partial charge in [0.25, 0.3) is 5.69 Å². The molecular formula is C13H17NO3. The number of carbonyl (C=O) groups excluding carboxylic acids is 1. The molecule has 1 rings (SSSR count). The normalized spacial score (nSPS) is 12.5. The highest BCUT2D eigenvalue weighted by Gasteiger charge is 2.17. The van der Waals surface area contributed by atoms with Crippen LogP contribution in [0, 0.1) is 22.0 Å². The number of ketones is 1. The molecule has 0 fully saturated rings. The van der Waals surface area contributed by atoms with Crippen molar-refractivity contribution in [2.45, 2.75) is 27.2 Å². The molecule has 0 amide bonds. The number of nitro groups is 1. The van der Waals surface area contributed by atoms with Crippen molar-refractivity contribution in [2.75, 3.05) is 0 Å². The Morgan fingerprint density at radius 1 is 1.24 bits per heavy atom. The van der Waals surface area contributed by atoms with Gasteiger partial charge in [0.2, 0.25) is 0 Å². The summed E-state index contributed by atoms with van der Waals surface area (Å²) in [5, 5.41) is 10.5. The summed E-state index contributed by atoms with van der Waals surface area (Å²) < 4.78 is 0. The SMILES string of the molecule is CC(C)C(C)C(=O)Cc1ccc([N+](=O)[O-])cc1. The fraction of sp³-hybridized carbons (Fsp3) is 0.462. The summed E-state index contributed by atoms with van der Waals surface area (Å²) in [5.41, 5.74) is 0.881. The van der Waals surface area contributed by atoms with Crippen LogP contribution in [-0.4, -0.2) is 10.7 Å². The maximum absolute atomic E-state index is 11.8. The van der Waals surface area contributed by atoms with Gasteiger partial charge in [0.15, 0.2) is 0 Å². The zero-order chi connectivity index (χ0) is 13.0. The number of nitrogens with zero attached hydrogens (tertiary/aromatic N) is 1. The smallest absolute Gasteiger partial charge is 0.269 e. The van der Waals surface area contributed by atoms with Crippen LogP contribution in [0.3, 0.4) is 0 Å². The molecule has 17 heavy (non-hydrogen) atoms. The molecule has 0 aliphatic rings. The van der Waals surface area contributed by atoms with Crippen molar-refractivity contribution in [1.29, 1.82) is 0 Å². The van der Waals surface area contributed by atoms with Crippen molar-refractivity contribution in [3.8, 4) is 0 Å². The van der Waals surface area contributed by atoms with E-state index in [1.54, 1.807) is 12.1 Å². The van der Waals surface area contributed by atoms with Gasteiger partial charge < -0.3 is 0 Å². The molecule has 1 aromatic rings. The maximum atomic E-state index is 11.8. The Balaban J connectivity index is 2.70. The number of hydrogen-bond acceptors (Lipinski definition) is 3. The number of nitro benzene ring substituents is 1. The van der Waals surface area contributed by atoms with Crippen LogP contribution in [0.2, 0.25) is 0 Å². The number of hydrogen-bond donors (Lipinski definition) is 0. The Labute approximate surface area is 101 Å². The zero-order valence-electron chi connectivity index (χ0n) is 10.3. The van der Waals surface area contributed by atoms with Crippen LogP contribution in [0.4, 0.5) is 5.69 Å². The van der Waals surface area contributed by atoms with E-state index in [9.17, 15) is 14.9 Å². The molecule has 1 unspecified atom stereocenters. The fourth-order valence-corrected chi connectivity index (χ4v) is 1.47. The molecule has 0 N–H and O–H groups in total. The van der Waals surface area contributed by atoms with Crippen LogP contribution in [0.5, 0.6) is 0 Å². The summed E-state index contributed by atoms with van der Waals surface area (Å²) in [7, 11) is 0. The lowest BCUT2D eigenvalue weighted by molar-refractivity contribution is -0.384. The largest absolute Gasteiger partial charge is 0.299 e. The van der Waals surface area contributed by atoms with E-state index in [2.05, 4.69) is 0 Å². The molecular weight excluding hydrogens is 218 g/mol. The maximum Gasteiger partial charge on any atom is 0.269 e. The predicted molar refractivity (Wildman–Crippen MR) is 65.8 cm³/mol. The average molecular weight is 235 g/mol. The summed E-state index contributed by atoms with van der Waals surface area (Å²) in [4.78, 5) is 21.9. The van der Waals surface area contributed by atoms with E-state index in [0.29, 0.717) is 12.3 Å². The highest BCUT2D eigenvalue weighted by Crippen LogP contribution is 2.16. The van der Waals surface area contributed by atoms with E-state index in [-0.39, 0.29) is 17.4 Å².